The Morgan fingerprint density at radius 2 is 1.96 bits per heavy atom. The molecule has 146 valence electrons. The van der Waals surface area contributed by atoms with Crippen molar-refractivity contribution in [2.24, 2.45) is 5.41 Å². The smallest absolute Gasteiger partial charge is 0.233 e. The van der Waals surface area contributed by atoms with Crippen LogP contribution in [-0.4, -0.2) is 57.9 Å². The minimum atomic E-state index is 0.204. The number of hydrogen-bond acceptors (Lipinski definition) is 6. The standard InChI is InChI=1S/C21H30N4O2/c1-17-22-23-20(27-17)19-14-21(8-11-24(12-9-21)10-5-13-26)16-25(19)15-18-6-3-2-4-7-18/h2-4,6-7,19,26H,5,8-16H2,1H3. The van der Waals surface area contributed by atoms with E-state index in [0.717, 1.165) is 51.5 Å². The molecule has 0 aliphatic carbocycles. The van der Waals surface area contributed by atoms with E-state index in [9.17, 15) is 0 Å². The quantitative estimate of drug-likeness (QED) is 0.843. The fourth-order valence-electron chi connectivity index (χ4n) is 4.73. The Bertz CT molecular complexity index is 725. The molecule has 2 saturated heterocycles. The first-order valence-corrected chi connectivity index (χ1v) is 10.1. The van der Waals surface area contributed by atoms with Gasteiger partial charge < -0.3 is 14.4 Å². The molecule has 1 aromatic heterocycles. The van der Waals surface area contributed by atoms with Gasteiger partial charge in [0.15, 0.2) is 0 Å². The van der Waals surface area contributed by atoms with Crippen LogP contribution in [-0.2, 0) is 6.54 Å². The lowest BCUT2D eigenvalue weighted by Crippen LogP contribution is -2.42. The van der Waals surface area contributed by atoms with E-state index in [0.29, 0.717) is 11.3 Å². The predicted octanol–water partition coefficient (Wildman–Crippen LogP) is 2.79. The highest BCUT2D eigenvalue weighted by Gasteiger charge is 2.47. The van der Waals surface area contributed by atoms with Gasteiger partial charge in [-0.2, -0.15) is 0 Å². The normalized spacial score (nSPS) is 23.3. The first kappa shape index (κ1) is 18.6. The van der Waals surface area contributed by atoms with E-state index in [-0.39, 0.29) is 12.6 Å². The zero-order valence-corrected chi connectivity index (χ0v) is 16.2. The Morgan fingerprint density at radius 3 is 2.63 bits per heavy atom. The molecular weight excluding hydrogens is 340 g/mol. The molecule has 2 aliphatic heterocycles. The predicted molar refractivity (Wildman–Crippen MR) is 103 cm³/mol. The molecule has 2 aromatic rings. The molecule has 4 rings (SSSR count). The van der Waals surface area contributed by atoms with E-state index in [4.69, 9.17) is 9.52 Å². The highest BCUT2D eigenvalue weighted by molar-refractivity contribution is 5.16. The molecule has 0 bridgehead atoms. The Hall–Kier alpha value is -1.76. The number of benzene rings is 1. The van der Waals surface area contributed by atoms with Crippen LogP contribution in [0.15, 0.2) is 34.7 Å². The summed E-state index contributed by atoms with van der Waals surface area (Å²) in [5, 5.41) is 17.5. The molecule has 2 fully saturated rings. The second-order valence-corrected chi connectivity index (χ2v) is 8.19. The van der Waals surface area contributed by atoms with Gasteiger partial charge in [0.25, 0.3) is 0 Å². The zero-order valence-electron chi connectivity index (χ0n) is 16.2. The number of aliphatic hydroxyl groups excluding tert-OH is 1. The van der Waals surface area contributed by atoms with Crippen molar-refractivity contribution < 1.29 is 9.52 Å². The number of nitrogens with zero attached hydrogens (tertiary/aromatic N) is 4. The van der Waals surface area contributed by atoms with E-state index >= 15 is 0 Å². The zero-order chi connectivity index (χ0) is 18.7. The first-order valence-electron chi connectivity index (χ1n) is 10.1. The summed E-state index contributed by atoms with van der Waals surface area (Å²) in [5.74, 6) is 1.41. The van der Waals surface area contributed by atoms with Crippen LogP contribution >= 0.6 is 0 Å². The number of likely N-dealkylation sites (tertiary alicyclic amines) is 2. The summed E-state index contributed by atoms with van der Waals surface area (Å²) in [6.45, 7) is 7.40. The summed E-state index contributed by atoms with van der Waals surface area (Å²) < 4.78 is 5.84. The van der Waals surface area contributed by atoms with Crippen molar-refractivity contribution in [3.63, 3.8) is 0 Å². The number of rotatable bonds is 6. The van der Waals surface area contributed by atoms with Crippen molar-refractivity contribution in [2.75, 3.05) is 32.8 Å². The average molecular weight is 370 g/mol. The molecule has 1 N–H and O–H groups in total. The van der Waals surface area contributed by atoms with Gasteiger partial charge in [-0.1, -0.05) is 30.3 Å². The number of hydrogen-bond donors (Lipinski definition) is 1. The maximum absolute atomic E-state index is 9.08. The average Bonchev–Trinajstić information content (AvgIpc) is 3.26. The number of aryl methyl sites for hydroxylation is 1. The van der Waals surface area contributed by atoms with Crippen LogP contribution in [0.3, 0.4) is 0 Å². The fraction of sp³-hybridized carbons (Fsp3) is 0.619. The summed E-state index contributed by atoms with van der Waals surface area (Å²) in [7, 11) is 0. The molecule has 3 heterocycles. The van der Waals surface area contributed by atoms with E-state index in [1.807, 2.05) is 6.92 Å². The third kappa shape index (κ3) is 4.23. The van der Waals surface area contributed by atoms with Crippen LogP contribution < -0.4 is 0 Å². The molecule has 0 radical (unpaired) electrons. The van der Waals surface area contributed by atoms with Crippen molar-refractivity contribution in [3.8, 4) is 0 Å². The Balaban J connectivity index is 1.49. The summed E-state index contributed by atoms with van der Waals surface area (Å²) in [5.41, 5.74) is 1.66. The maximum atomic E-state index is 9.08. The SMILES string of the molecule is Cc1nnc(C2CC3(CCN(CCCO)CC3)CN2Cc2ccccc2)o1. The second-order valence-electron chi connectivity index (χ2n) is 8.19. The van der Waals surface area contributed by atoms with Gasteiger partial charge in [-0.3, -0.25) is 4.90 Å². The lowest BCUT2D eigenvalue weighted by Gasteiger charge is -2.39. The molecular formula is C21H30N4O2. The third-order valence-electron chi connectivity index (χ3n) is 6.21. The second kappa shape index (κ2) is 8.09. The first-order chi connectivity index (χ1) is 13.2. The highest BCUT2D eigenvalue weighted by Crippen LogP contribution is 2.49. The lowest BCUT2D eigenvalue weighted by atomic mass is 9.76. The van der Waals surface area contributed by atoms with Gasteiger partial charge in [-0.15, -0.1) is 10.2 Å². The molecule has 0 amide bonds. The summed E-state index contributed by atoms with van der Waals surface area (Å²) in [4.78, 5) is 5.03. The van der Waals surface area contributed by atoms with Gasteiger partial charge in [0.2, 0.25) is 11.8 Å². The van der Waals surface area contributed by atoms with Gasteiger partial charge in [0.05, 0.1) is 6.04 Å². The minimum absolute atomic E-state index is 0.204. The Morgan fingerprint density at radius 1 is 1.19 bits per heavy atom. The molecule has 0 saturated carbocycles. The molecule has 1 unspecified atom stereocenters. The van der Waals surface area contributed by atoms with Crippen molar-refractivity contribution in [1.82, 2.24) is 20.0 Å². The van der Waals surface area contributed by atoms with Gasteiger partial charge >= 0.3 is 0 Å². The van der Waals surface area contributed by atoms with E-state index in [1.165, 1.54) is 18.4 Å². The number of piperidine rings is 1. The molecule has 6 heteroatoms. The van der Waals surface area contributed by atoms with Crippen LogP contribution in [0.1, 0.15) is 49.1 Å². The summed E-state index contributed by atoms with van der Waals surface area (Å²) in [6, 6.07) is 10.9. The molecule has 6 nitrogen and oxygen atoms in total. The van der Waals surface area contributed by atoms with Crippen molar-refractivity contribution >= 4 is 0 Å². The molecule has 1 atom stereocenters. The van der Waals surface area contributed by atoms with Crippen molar-refractivity contribution in [3.05, 3.63) is 47.7 Å². The minimum Gasteiger partial charge on any atom is -0.424 e. The van der Waals surface area contributed by atoms with Crippen molar-refractivity contribution in [2.45, 2.75) is 45.2 Å². The highest BCUT2D eigenvalue weighted by atomic mass is 16.4. The van der Waals surface area contributed by atoms with Gasteiger partial charge in [0.1, 0.15) is 0 Å². The molecule has 2 aliphatic rings. The van der Waals surface area contributed by atoms with Crippen LogP contribution in [0.4, 0.5) is 0 Å². The topological polar surface area (TPSA) is 65.6 Å². The summed E-state index contributed by atoms with van der Waals surface area (Å²) in [6.07, 6.45) is 4.37. The van der Waals surface area contributed by atoms with Gasteiger partial charge in [-0.25, -0.2) is 0 Å². The molecule has 1 aromatic carbocycles. The fourth-order valence-corrected chi connectivity index (χ4v) is 4.73. The molecule has 1 spiro atoms. The van der Waals surface area contributed by atoms with Crippen LogP contribution in [0.5, 0.6) is 0 Å². The van der Waals surface area contributed by atoms with Crippen LogP contribution in [0.25, 0.3) is 0 Å². The lowest BCUT2D eigenvalue weighted by molar-refractivity contribution is 0.101. The maximum Gasteiger partial charge on any atom is 0.233 e. The monoisotopic (exact) mass is 370 g/mol. The van der Waals surface area contributed by atoms with Crippen LogP contribution in [0, 0.1) is 12.3 Å². The summed E-state index contributed by atoms with van der Waals surface area (Å²) >= 11 is 0. The number of aliphatic hydroxyl groups is 1. The largest absolute Gasteiger partial charge is 0.424 e. The Kier molecular flexibility index (Phi) is 5.57. The van der Waals surface area contributed by atoms with E-state index in [2.05, 4.69) is 50.3 Å². The molecule has 27 heavy (non-hydrogen) atoms. The van der Waals surface area contributed by atoms with Crippen molar-refractivity contribution in [1.29, 1.82) is 0 Å². The van der Waals surface area contributed by atoms with E-state index in [1.54, 1.807) is 0 Å². The van der Waals surface area contributed by atoms with Gasteiger partial charge in [0, 0.05) is 33.2 Å². The van der Waals surface area contributed by atoms with Crippen LogP contribution in [0.2, 0.25) is 0 Å². The van der Waals surface area contributed by atoms with Gasteiger partial charge in [-0.05, 0) is 49.8 Å². The van der Waals surface area contributed by atoms with E-state index < -0.39 is 0 Å². The third-order valence-corrected chi connectivity index (χ3v) is 6.21. The Labute approximate surface area is 161 Å². The number of aromatic nitrogens is 2.